The van der Waals surface area contributed by atoms with Crippen LogP contribution in [0.15, 0.2) is 67.0 Å². The molecule has 7 heteroatoms. The van der Waals surface area contributed by atoms with Gasteiger partial charge < -0.3 is 10.2 Å². The van der Waals surface area contributed by atoms with Crippen LogP contribution in [0.4, 0.5) is 5.82 Å². The topological polar surface area (TPSA) is 75.9 Å². The average Bonchev–Trinajstić information content (AvgIpc) is 3.34. The van der Waals surface area contributed by atoms with Gasteiger partial charge in [-0.25, -0.2) is 4.98 Å². The Hall–Kier alpha value is -3.74. The summed E-state index contributed by atoms with van der Waals surface area (Å²) in [6, 6.07) is 18.0. The van der Waals surface area contributed by atoms with E-state index in [1.807, 2.05) is 72.7 Å². The van der Waals surface area contributed by atoms with E-state index in [9.17, 15) is 4.79 Å². The highest BCUT2D eigenvalue weighted by atomic mass is 16.2. The van der Waals surface area contributed by atoms with Crippen molar-refractivity contribution >= 4 is 22.8 Å². The highest BCUT2D eigenvalue weighted by Crippen LogP contribution is 2.50. The molecule has 2 fully saturated rings. The SMILES string of the molecule is Cn1cc(-c2ccccc2)c(C(=O)N2C[C@H]3C[C@H]3[C@H]2CNc2cnc3ccccc3n2)n1. The number of nitrogens with zero attached hydrogens (tertiary/aromatic N) is 5. The molecule has 1 saturated carbocycles. The van der Waals surface area contributed by atoms with Gasteiger partial charge in [0.1, 0.15) is 5.82 Å². The van der Waals surface area contributed by atoms with Crippen molar-refractivity contribution in [2.45, 2.75) is 12.5 Å². The number of hydrogen-bond donors (Lipinski definition) is 1. The summed E-state index contributed by atoms with van der Waals surface area (Å²) in [5.41, 5.74) is 4.15. The number of carbonyl (C=O) groups excluding carboxylic acids is 1. The Morgan fingerprint density at radius 2 is 1.88 bits per heavy atom. The van der Waals surface area contributed by atoms with Crippen molar-refractivity contribution in [2.75, 3.05) is 18.4 Å². The molecule has 0 radical (unpaired) electrons. The van der Waals surface area contributed by atoms with Gasteiger partial charge in [-0.3, -0.25) is 14.5 Å². The monoisotopic (exact) mass is 424 g/mol. The molecular formula is C25H24N6O. The second-order valence-corrected chi connectivity index (χ2v) is 8.74. The van der Waals surface area contributed by atoms with Crippen LogP contribution in [0, 0.1) is 11.8 Å². The van der Waals surface area contributed by atoms with Crippen LogP contribution in [0.3, 0.4) is 0 Å². The van der Waals surface area contributed by atoms with Crippen LogP contribution in [-0.2, 0) is 7.05 Å². The van der Waals surface area contributed by atoms with Crippen molar-refractivity contribution in [3.63, 3.8) is 0 Å². The quantitative estimate of drug-likeness (QED) is 0.530. The summed E-state index contributed by atoms with van der Waals surface area (Å²) < 4.78 is 1.73. The number of anilines is 1. The predicted molar refractivity (Wildman–Crippen MR) is 123 cm³/mol. The molecule has 1 aliphatic carbocycles. The number of aryl methyl sites for hydroxylation is 1. The largest absolute Gasteiger partial charge is 0.367 e. The molecule has 7 nitrogen and oxygen atoms in total. The first-order valence-corrected chi connectivity index (χ1v) is 11.0. The first-order chi connectivity index (χ1) is 15.7. The summed E-state index contributed by atoms with van der Waals surface area (Å²) in [5.74, 6) is 1.89. The minimum absolute atomic E-state index is 0.00745. The summed E-state index contributed by atoms with van der Waals surface area (Å²) in [6.07, 6.45) is 4.88. The van der Waals surface area contributed by atoms with E-state index in [4.69, 9.17) is 0 Å². The molecule has 0 spiro atoms. The zero-order valence-electron chi connectivity index (χ0n) is 17.8. The van der Waals surface area contributed by atoms with Crippen molar-refractivity contribution < 1.29 is 4.79 Å². The smallest absolute Gasteiger partial charge is 0.275 e. The van der Waals surface area contributed by atoms with Gasteiger partial charge in [-0.1, -0.05) is 42.5 Å². The number of rotatable bonds is 5. The molecule has 32 heavy (non-hydrogen) atoms. The standard InChI is InChI=1S/C25H24N6O/c1-30-15-19(16-7-3-2-4-8-16)24(29-30)25(32)31-14-17-11-18(17)22(31)12-27-23-13-26-20-9-5-6-10-21(20)28-23/h2-10,13,15,17-18,22H,11-12,14H2,1H3,(H,27,28)/t17-,18-,22-/m1/s1. The lowest BCUT2D eigenvalue weighted by Gasteiger charge is -2.27. The number of para-hydroxylation sites is 2. The molecule has 0 unspecified atom stereocenters. The fourth-order valence-corrected chi connectivity index (χ4v) is 4.93. The highest BCUT2D eigenvalue weighted by Gasteiger charge is 2.54. The molecule has 2 aromatic heterocycles. The van der Waals surface area contributed by atoms with E-state index in [0.29, 0.717) is 24.1 Å². The van der Waals surface area contributed by atoms with Gasteiger partial charge in [-0.2, -0.15) is 5.10 Å². The number of piperidine rings is 1. The Kier molecular flexibility index (Phi) is 4.41. The third kappa shape index (κ3) is 3.30. The van der Waals surface area contributed by atoms with Gasteiger partial charge in [-0.05, 0) is 36.0 Å². The van der Waals surface area contributed by atoms with Gasteiger partial charge in [0.05, 0.1) is 23.3 Å². The Balaban J connectivity index is 1.24. The molecular weight excluding hydrogens is 400 g/mol. The van der Waals surface area contributed by atoms with E-state index < -0.39 is 0 Å². The van der Waals surface area contributed by atoms with Crippen LogP contribution >= 0.6 is 0 Å². The van der Waals surface area contributed by atoms with Gasteiger partial charge in [0.15, 0.2) is 5.69 Å². The fourth-order valence-electron chi connectivity index (χ4n) is 4.93. The number of fused-ring (bicyclic) bond motifs is 2. The van der Waals surface area contributed by atoms with E-state index >= 15 is 0 Å². The van der Waals surface area contributed by atoms with Crippen molar-refractivity contribution in [1.29, 1.82) is 0 Å². The molecule has 1 amide bonds. The Bertz CT molecular complexity index is 1300. The van der Waals surface area contributed by atoms with Gasteiger partial charge in [0.2, 0.25) is 0 Å². The molecule has 3 atom stereocenters. The number of carbonyl (C=O) groups is 1. The molecule has 1 aliphatic heterocycles. The molecule has 6 rings (SSSR count). The first kappa shape index (κ1) is 19.0. The number of likely N-dealkylation sites (tertiary alicyclic amines) is 1. The van der Waals surface area contributed by atoms with Crippen LogP contribution in [0.5, 0.6) is 0 Å². The van der Waals surface area contributed by atoms with E-state index in [1.54, 1.807) is 10.9 Å². The van der Waals surface area contributed by atoms with E-state index in [1.165, 1.54) is 6.42 Å². The Morgan fingerprint density at radius 3 is 2.72 bits per heavy atom. The van der Waals surface area contributed by atoms with Gasteiger partial charge >= 0.3 is 0 Å². The second-order valence-electron chi connectivity index (χ2n) is 8.74. The van der Waals surface area contributed by atoms with Crippen molar-refractivity contribution in [1.82, 2.24) is 24.6 Å². The molecule has 1 N–H and O–H groups in total. The van der Waals surface area contributed by atoms with Crippen molar-refractivity contribution in [2.24, 2.45) is 18.9 Å². The van der Waals surface area contributed by atoms with Crippen molar-refractivity contribution in [3.8, 4) is 11.1 Å². The van der Waals surface area contributed by atoms with E-state index in [0.717, 1.165) is 34.5 Å². The Morgan fingerprint density at radius 1 is 1.09 bits per heavy atom. The van der Waals surface area contributed by atoms with Gasteiger partial charge in [0.25, 0.3) is 5.91 Å². The highest BCUT2D eigenvalue weighted by molar-refractivity contribution is 5.99. The summed E-state index contributed by atoms with van der Waals surface area (Å²) in [5, 5.41) is 7.97. The maximum atomic E-state index is 13.6. The predicted octanol–water partition coefficient (Wildman–Crippen LogP) is 3.60. The lowest BCUT2D eigenvalue weighted by molar-refractivity contribution is 0.0709. The molecule has 2 aromatic carbocycles. The minimum atomic E-state index is 0.00745. The van der Waals surface area contributed by atoms with E-state index in [2.05, 4.69) is 20.4 Å². The van der Waals surface area contributed by atoms with Crippen molar-refractivity contribution in [3.05, 3.63) is 72.7 Å². The van der Waals surface area contributed by atoms with Gasteiger partial charge in [0, 0.05) is 31.9 Å². The van der Waals surface area contributed by atoms with Crippen LogP contribution in [0.2, 0.25) is 0 Å². The zero-order valence-corrected chi connectivity index (χ0v) is 17.8. The molecule has 3 heterocycles. The van der Waals surface area contributed by atoms with Crippen LogP contribution in [0.1, 0.15) is 16.9 Å². The van der Waals surface area contributed by atoms with E-state index in [-0.39, 0.29) is 11.9 Å². The third-order valence-electron chi connectivity index (χ3n) is 6.62. The fraction of sp³-hybridized carbons (Fsp3) is 0.280. The zero-order chi connectivity index (χ0) is 21.7. The van der Waals surface area contributed by atoms with Crippen LogP contribution in [-0.4, -0.2) is 49.7 Å². The Labute approximate surface area is 186 Å². The molecule has 2 aliphatic rings. The summed E-state index contributed by atoms with van der Waals surface area (Å²) in [6.45, 7) is 1.46. The van der Waals surface area contributed by atoms with Gasteiger partial charge in [-0.15, -0.1) is 0 Å². The lowest BCUT2D eigenvalue weighted by Crippen LogP contribution is -2.42. The average molecular weight is 425 g/mol. The number of benzene rings is 2. The summed E-state index contributed by atoms with van der Waals surface area (Å²) in [4.78, 5) is 24.8. The second kappa shape index (κ2) is 7.44. The molecule has 4 aromatic rings. The molecule has 0 bridgehead atoms. The maximum Gasteiger partial charge on any atom is 0.275 e. The molecule has 1 saturated heterocycles. The number of nitrogens with one attached hydrogen (secondary N) is 1. The first-order valence-electron chi connectivity index (χ1n) is 11.0. The minimum Gasteiger partial charge on any atom is -0.367 e. The summed E-state index contributed by atoms with van der Waals surface area (Å²) in [7, 11) is 1.86. The maximum absolute atomic E-state index is 13.6. The normalized spacial score (nSPS) is 21.5. The number of amides is 1. The third-order valence-corrected chi connectivity index (χ3v) is 6.62. The lowest BCUT2D eigenvalue weighted by atomic mass is 10.1. The number of hydrogen-bond acceptors (Lipinski definition) is 5. The van der Waals surface area contributed by atoms with Crippen LogP contribution < -0.4 is 5.32 Å². The number of aromatic nitrogens is 4. The molecule has 160 valence electrons. The van der Waals surface area contributed by atoms with Crippen LogP contribution in [0.25, 0.3) is 22.2 Å². The summed E-state index contributed by atoms with van der Waals surface area (Å²) >= 11 is 0.